The Morgan fingerprint density at radius 1 is 1.13 bits per heavy atom. The molecule has 0 amide bonds. The summed E-state index contributed by atoms with van der Waals surface area (Å²) >= 11 is 0. The lowest BCUT2D eigenvalue weighted by Gasteiger charge is -2.30. The number of ether oxygens (including phenoxy) is 1. The highest BCUT2D eigenvalue weighted by Crippen LogP contribution is 2.37. The molecule has 2 aliphatic rings. The van der Waals surface area contributed by atoms with Crippen molar-refractivity contribution in [1.82, 2.24) is 0 Å². The van der Waals surface area contributed by atoms with Gasteiger partial charge in [0, 0.05) is 0 Å². The minimum absolute atomic E-state index is 0.237. The standard InChI is InChI=1S/C21H20O2/c1-3-23-20(22)21(19-11-7-8-16(2)14-19)13-12-17-9-5-4-6-10-18(17)15-21/h4-15H,3H2,1-2H3. The van der Waals surface area contributed by atoms with Gasteiger partial charge in [-0.3, -0.25) is 4.79 Å². The van der Waals surface area contributed by atoms with Gasteiger partial charge in [0.05, 0.1) is 6.61 Å². The third-order valence-electron chi connectivity index (χ3n) is 4.13. The van der Waals surface area contributed by atoms with E-state index in [4.69, 9.17) is 4.74 Å². The first-order chi connectivity index (χ1) is 11.2. The van der Waals surface area contributed by atoms with Crippen LogP contribution in [0.4, 0.5) is 0 Å². The quantitative estimate of drug-likeness (QED) is 0.776. The monoisotopic (exact) mass is 304 g/mol. The van der Waals surface area contributed by atoms with Gasteiger partial charge in [-0.05, 0) is 30.6 Å². The zero-order valence-corrected chi connectivity index (χ0v) is 13.5. The highest BCUT2D eigenvalue weighted by Gasteiger charge is 2.39. The summed E-state index contributed by atoms with van der Waals surface area (Å²) in [4.78, 5) is 12.8. The van der Waals surface area contributed by atoms with Crippen molar-refractivity contribution in [3.05, 3.63) is 95.1 Å². The number of fused-ring (bicyclic) bond motifs is 1. The third kappa shape index (κ3) is 2.85. The lowest BCUT2D eigenvalue weighted by atomic mass is 9.74. The van der Waals surface area contributed by atoms with Crippen LogP contribution in [0.1, 0.15) is 18.1 Å². The molecule has 1 atom stereocenters. The van der Waals surface area contributed by atoms with Crippen LogP contribution in [0, 0.1) is 6.92 Å². The molecule has 0 spiro atoms. The molecule has 23 heavy (non-hydrogen) atoms. The first-order valence-corrected chi connectivity index (χ1v) is 7.87. The van der Waals surface area contributed by atoms with Gasteiger partial charge >= 0.3 is 5.97 Å². The van der Waals surface area contributed by atoms with Gasteiger partial charge in [-0.2, -0.15) is 0 Å². The predicted molar refractivity (Wildman–Crippen MR) is 93.1 cm³/mol. The van der Waals surface area contributed by atoms with Crippen LogP contribution < -0.4 is 0 Å². The minimum Gasteiger partial charge on any atom is -0.465 e. The lowest BCUT2D eigenvalue weighted by molar-refractivity contribution is -0.146. The summed E-state index contributed by atoms with van der Waals surface area (Å²) < 4.78 is 5.40. The van der Waals surface area contributed by atoms with E-state index in [1.165, 1.54) is 0 Å². The van der Waals surface area contributed by atoms with Gasteiger partial charge in [0.15, 0.2) is 0 Å². The maximum Gasteiger partial charge on any atom is 0.324 e. The molecule has 0 N–H and O–H groups in total. The van der Waals surface area contributed by atoms with Gasteiger partial charge in [-0.15, -0.1) is 0 Å². The number of rotatable bonds is 3. The molecule has 3 rings (SSSR count). The van der Waals surface area contributed by atoms with Gasteiger partial charge in [0.25, 0.3) is 0 Å². The summed E-state index contributed by atoms with van der Waals surface area (Å²) in [5.41, 5.74) is 3.32. The van der Waals surface area contributed by atoms with E-state index in [0.29, 0.717) is 6.61 Å². The Labute approximate surface area is 137 Å². The number of hydrogen-bond donors (Lipinski definition) is 0. The SMILES string of the molecule is CCOC(=O)C1(c2cccc(C)c2)C=CC2=CC=CC=CC2=C1. The van der Waals surface area contributed by atoms with Crippen LogP contribution in [0.5, 0.6) is 0 Å². The highest BCUT2D eigenvalue weighted by atomic mass is 16.5. The second kappa shape index (κ2) is 6.25. The molecular weight excluding hydrogens is 284 g/mol. The fraction of sp³-hybridized carbons (Fsp3) is 0.190. The maximum absolute atomic E-state index is 12.8. The Bertz CT molecular complexity index is 775. The topological polar surface area (TPSA) is 26.3 Å². The molecule has 0 aliphatic heterocycles. The lowest BCUT2D eigenvalue weighted by Crippen LogP contribution is -2.35. The second-order valence-electron chi connectivity index (χ2n) is 5.76. The molecule has 116 valence electrons. The normalized spacial score (nSPS) is 22.0. The molecule has 0 aromatic heterocycles. The van der Waals surface area contributed by atoms with E-state index in [9.17, 15) is 4.79 Å². The molecular formula is C21H20O2. The average molecular weight is 304 g/mol. The molecule has 2 aliphatic carbocycles. The van der Waals surface area contributed by atoms with Crippen LogP contribution in [0.3, 0.4) is 0 Å². The number of allylic oxidation sites excluding steroid dienone is 8. The van der Waals surface area contributed by atoms with Gasteiger partial charge in [-0.25, -0.2) is 0 Å². The Hall–Kier alpha value is -2.61. The van der Waals surface area contributed by atoms with Crippen molar-refractivity contribution in [1.29, 1.82) is 0 Å². The van der Waals surface area contributed by atoms with Crippen LogP contribution in [-0.2, 0) is 14.9 Å². The summed E-state index contributed by atoms with van der Waals surface area (Å²) in [6.45, 7) is 4.23. The van der Waals surface area contributed by atoms with Crippen LogP contribution in [-0.4, -0.2) is 12.6 Å². The van der Waals surface area contributed by atoms with Crippen molar-refractivity contribution in [2.24, 2.45) is 0 Å². The maximum atomic E-state index is 12.8. The molecule has 2 heteroatoms. The minimum atomic E-state index is -0.872. The molecule has 0 saturated carbocycles. The molecule has 1 aromatic rings. The zero-order valence-electron chi connectivity index (χ0n) is 13.5. The first kappa shape index (κ1) is 15.3. The Balaban J connectivity index is 2.17. The Morgan fingerprint density at radius 2 is 2.00 bits per heavy atom. The zero-order chi connectivity index (χ0) is 16.3. The smallest absolute Gasteiger partial charge is 0.324 e. The Kier molecular flexibility index (Phi) is 4.16. The van der Waals surface area contributed by atoms with Crippen LogP contribution in [0.25, 0.3) is 0 Å². The first-order valence-electron chi connectivity index (χ1n) is 7.87. The van der Waals surface area contributed by atoms with Crippen molar-refractivity contribution in [3.8, 4) is 0 Å². The molecule has 0 radical (unpaired) electrons. The number of carbonyl (C=O) groups is 1. The number of carbonyl (C=O) groups excluding carboxylic acids is 1. The van der Waals surface area contributed by atoms with E-state index in [2.05, 4.69) is 0 Å². The van der Waals surface area contributed by atoms with E-state index in [0.717, 1.165) is 22.3 Å². The fourth-order valence-electron chi connectivity index (χ4n) is 2.95. The number of esters is 1. The summed E-state index contributed by atoms with van der Waals surface area (Å²) in [5.74, 6) is -0.237. The van der Waals surface area contributed by atoms with Gasteiger partial charge in [0.2, 0.25) is 0 Å². The van der Waals surface area contributed by atoms with Gasteiger partial charge < -0.3 is 4.74 Å². The van der Waals surface area contributed by atoms with E-state index in [-0.39, 0.29) is 5.97 Å². The molecule has 1 aromatic carbocycles. The summed E-state index contributed by atoms with van der Waals surface area (Å²) in [7, 11) is 0. The van der Waals surface area contributed by atoms with E-state index in [1.54, 1.807) is 0 Å². The van der Waals surface area contributed by atoms with Crippen LogP contribution in [0.15, 0.2) is 84.0 Å². The number of benzene rings is 1. The van der Waals surface area contributed by atoms with Crippen molar-refractivity contribution in [2.45, 2.75) is 19.3 Å². The van der Waals surface area contributed by atoms with Crippen molar-refractivity contribution < 1.29 is 9.53 Å². The van der Waals surface area contributed by atoms with Crippen molar-refractivity contribution >= 4 is 5.97 Å². The van der Waals surface area contributed by atoms with Crippen LogP contribution >= 0.6 is 0 Å². The van der Waals surface area contributed by atoms with Gasteiger partial charge in [-0.1, -0.05) is 78.4 Å². The van der Waals surface area contributed by atoms with Crippen molar-refractivity contribution in [2.75, 3.05) is 6.61 Å². The second-order valence-corrected chi connectivity index (χ2v) is 5.76. The summed E-state index contributed by atoms with van der Waals surface area (Å²) in [6, 6.07) is 8.04. The predicted octanol–water partition coefficient (Wildman–Crippen LogP) is 4.34. The summed E-state index contributed by atoms with van der Waals surface area (Å²) in [6.07, 6.45) is 16.0. The molecule has 0 heterocycles. The number of aryl methyl sites for hydroxylation is 1. The van der Waals surface area contributed by atoms with E-state index >= 15 is 0 Å². The molecule has 1 unspecified atom stereocenters. The number of hydrogen-bond acceptors (Lipinski definition) is 2. The highest BCUT2D eigenvalue weighted by molar-refractivity contribution is 5.90. The van der Waals surface area contributed by atoms with Gasteiger partial charge in [0.1, 0.15) is 5.41 Å². The molecule has 2 nitrogen and oxygen atoms in total. The van der Waals surface area contributed by atoms with Crippen molar-refractivity contribution in [3.63, 3.8) is 0 Å². The largest absolute Gasteiger partial charge is 0.465 e. The Morgan fingerprint density at radius 3 is 2.78 bits per heavy atom. The molecule has 0 bridgehead atoms. The van der Waals surface area contributed by atoms with Crippen LogP contribution in [0.2, 0.25) is 0 Å². The van der Waals surface area contributed by atoms with E-state index in [1.807, 2.05) is 86.7 Å². The summed E-state index contributed by atoms with van der Waals surface area (Å²) in [5, 5.41) is 0. The average Bonchev–Trinajstić information content (AvgIpc) is 2.79. The molecule has 0 fully saturated rings. The fourth-order valence-corrected chi connectivity index (χ4v) is 2.95. The third-order valence-corrected chi connectivity index (χ3v) is 4.13. The van der Waals surface area contributed by atoms with E-state index < -0.39 is 5.41 Å². The molecule has 0 saturated heterocycles.